The summed E-state index contributed by atoms with van der Waals surface area (Å²) in [7, 11) is 0. The summed E-state index contributed by atoms with van der Waals surface area (Å²) in [4.78, 5) is 33.6. The number of nitro groups is 1. The first kappa shape index (κ1) is 18.4. The van der Waals surface area contributed by atoms with Crippen LogP contribution in [0.1, 0.15) is 15.9 Å². The van der Waals surface area contributed by atoms with Crippen molar-refractivity contribution in [2.24, 2.45) is 0 Å². The van der Waals surface area contributed by atoms with Gasteiger partial charge in [-0.15, -0.1) is 0 Å². The number of rotatable bonds is 6. The minimum Gasteiger partial charge on any atom is -0.452 e. The summed E-state index contributed by atoms with van der Waals surface area (Å²) < 4.78 is 4.87. The van der Waals surface area contributed by atoms with Gasteiger partial charge in [0.1, 0.15) is 0 Å². The minimum atomic E-state index is -0.700. The van der Waals surface area contributed by atoms with Gasteiger partial charge in [-0.2, -0.15) is 0 Å². The molecule has 2 rings (SSSR count). The molecular weight excluding hydrogens is 352 g/mol. The van der Waals surface area contributed by atoms with E-state index in [0.29, 0.717) is 5.56 Å². The van der Waals surface area contributed by atoms with Crippen LogP contribution in [-0.2, 0) is 16.1 Å². The van der Waals surface area contributed by atoms with Crippen molar-refractivity contribution < 1.29 is 24.4 Å². The molecule has 0 heterocycles. The lowest BCUT2D eigenvalue weighted by atomic mass is 10.1. The fourth-order valence-electron chi connectivity index (χ4n) is 1.87. The number of aliphatic hydroxyl groups is 1. The van der Waals surface area contributed by atoms with Crippen molar-refractivity contribution in [2.45, 2.75) is 6.61 Å². The van der Waals surface area contributed by atoms with Crippen LogP contribution in [0.2, 0.25) is 5.02 Å². The summed E-state index contributed by atoms with van der Waals surface area (Å²) in [6.07, 6.45) is 0. The zero-order valence-electron chi connectivity index (χ0n) is 12.8. The summed E-state index contributed by atoms with van der Waals surface area (Å²) in [6.45, 7) is -0.693. The summed E-state index contributed by atoms with van der Waals surface area (Å²) >= 11 is 5.86. The molecule has 0 aliphatic rings. The van der Waals surface area contributed by atoms with Gasteiger partial charge in [0, 0.05) is 12.1 Å². The highest BCUT2D eigenvalue weighted by atomic mass is 35.5. The molecule has 0 bridgehead atoms. The Hall–Kier alpha value is -2.97. The Labute approximate surface area is 147 Å². The van der Waals surface area contributed by atoms with Gasteiger partial charge < -0.3 is 15.2 Å². The number of nitrogens with one attached hydrogen (secondary N) is 1. The van der Waals surface area contributed by atoms with Crippen LogP contribution in [0.5, 0.6) is 0 Å². The van der Waals surface area contributed by atoms with Crippen LogP contribution in [0.15, 0.2) is 42.5 Å². The highest BCUT2D eigenvalue weighted by molar-refractivity contribution is 6.34. The molecule has 0 radical (unpaired) electrons. The molecule has 0 aliphatic heterocycles. The Kier molecular flexibility index (Phi) is 6.04. The molecule has 0 aliphatic carbocycles. The van der Waals surface area contributed by atoms with Gasteiger partial charge in [0.15, 0.2) is 6.61 Å². The predicted molar refractivity (Wildman–Crippen MR) is 89.4 cm³/mol. The maximum Gasteiger partial charge on any atom is 0.338 e. The number of aliphatic hydroxyl groups excluding tert-OH is 1. The Bertz CT molecular complexity index is 807. The average Bonchev–Trinajstić information content (AvgIpc) is 2.61. The molecular formula is C16H13ClN2O6. The average molecular weight is 365 g/mol. The van der Waals surface area contributed by atoms with E-state index in [2.05, 4.69) is 5.32 Å². The van der Waals surface area contributed by atoms with Crippen molar-refractivity contribution in [1.82, 2.24) is 0 Å². The van der Waals surface area contributed by atoms with E-state index in [9.17, 15) is 19.7 Å². The number of ether oxygens (including phenoxy) is 1. The van der Waals surface area contributed by atoms with Gasteiger partial charge >= 0.3 is 5.97 Å². The normalized spacial score (nSPS) is 10.2. The highest BCUT2D eigenvalue weighted by Gasteiger charge is 2.14. The number of amides is 1. The quantitative estimate of drug-likeness (QED) is 0.462. The number of esters is 1. The lowest BCUT2D eigenvalue weighted by Crippen LogP contribution is -2.21. The first-order valence-electron chi connectivity index (χ1n) is 7.01. The predicted octanol–water partition coefficient (Wildman–Crippen LogP) is 2.54. The standard InChI is InChI=1S/C16H13ClN2O6/c17-13-7-12(19(23)24)5-6-14(13)18-15(21)9-25-16(22)11-3-1-10(8-20)2-4-11/h1-7,20H,8-9H2,(H,18,21). The first-order chi connectivity index (χ1) is 11.9. The van der Waals surface area contributed by atoms with Gasteiger partial charge in [0.05, 0.1) is 27.8 Å². The molecule has 9 heteroatoms. The van der Waals surface area contributed by atoms with E-state index in [4.69, 9.17) is 21.4 Å². The highest BCUT2D eigenvalue weighted by Crippen LogP contribution is 2.26. The number of carbonyl (C=O) groups excluding carboxylic acids is 2. The van der Waals surface area contributed by atoms with Crippen molar-refractivity contribution in [2.75, 3.05) is 11.9 Å². The lowest BCUT2D eigenvalue weighted by molar-refractivity contribution is -0.384. The van der Waals surface area contributed by atoms with Crippen molar-refractivity contribution in [3.05, 3.63) is 68.7 Å². The number of nitrogens with zero attached hydrogens (tertiary/aromatic N) is 1. The van der Waals surface area contributed by atoms with E-state index >= 15 is 0 Å². The Morgan fingerprint density at radius 3 is 2.44 bits per heavy atom. The summed E-state index contributed by atoms with van der Waals surface area (Å²) in [5.74, 6) is -1.34. The van der Waals surface area contributed by atoms with Crippen LogP contribution in [-0.4, -0.2) is 28.5 Å². The SMILES string of the molecule is O=C(COC(=O)c1ccc(CO)cc1)Nc1ccc([N+](=O)[O-])cc1Cl. The zero-order chi connectivity index (χ0) is 18.4. The molecule has 2 aromatic carbocycles. The monoisotopic (exact) mass is 364 g/mol. The number of carbonyl (C=O) groups is 2. The van der Waals surface area contributed by atoms with Crippen LogP contribution in [0.4, 0.5) is 11.4 Å². The molecule has 0 aromatic heterocycles. The molecule has 0 atom stereocenters. The molecule has 0 saturated carbocycles. The third-order valence-corrected chi connectivity index (χ3v) is 3.46. The third-order valence-electron chi connectivity index (χ3n) is 3.14. The summed E-state index contributed by atoms with van der Waals surface area (Å²) in [5, 5.41) is 22.0. The van der Waals surface area contributed by atoms with Crippen LogP contribution in [0.3, 0.4) is 0 Å². The third kappa shape index (κ3) is 5.00. The largest absolute Gasteiger partial charge is 0.452 e. The maximum absolute atomic E-state index is 11.8. The number of nitro benzene ring substituents is 1. The second-order valence-corrected chi connectivity index (χ2v) is 5.31. The molecule has 2 N–H and O–H groups in total. The van der Waals surface area contributed by atoms with Gasteiger partial charge in [0.25, 0.3) is 11.6 Å². The van der Waals surface area contributed by atoms with Crippen molar-refractivity contribution in [1.29, 1.82) is 0 Å². The first-order valence-corrected chi connectivity index (χ1v) is 7.39. The fraction of sp³-hybridized carbons (Fsp3) is 0.125. The van der Waals surface area contributed by atoms with E-state index in [1.807, 2.05) is 0 Å². The molecule has 1 amide bonds. The second-order valence-electron chi connectivity index (χ2n) is 4.90. The number of hydrogen-bond acceptors (Lipinski definition) is 6. The molecule has 0 unspecified atom stereocenters. The van der Waals surface area contributed by atoms with E-state index in [-0.39, 0.29) is 28.6 Å². The van der Waals surface area contributed by atoms with Gasteiger partial charge in [-0.1, -0.05) is 23.7 Å². The number of benzene rings is 2. The van der Waals surface area contributed by atoms with Crippen LogP contribution < -0.4 is 5.32 Å². The van der Waals surface area contributed by atoms with E-state index in [1.165, 1.54) is 24.3 Å². The lowest BCUT2D eigenvalue weighted by Gasteiger charge is -2.08. The number of non-ortho nitro benzene ring substituents is 1. The molecule has 0 spiro atoms. The molecule has 25 heavy (non-hydrogen) atoms. The summed E-state index contributed by atoms with van der Waals surface area (Å²) in [6, 6.07) is 9.65. The van der Waals surface area contributed by atoms with E-state index < -0.39 is 23.4 Å². The fourth-order valence-corrected chi connectivity index (χ4v) is 2.09. The Balaban J connectivity index is 1.91. The molecule has 8 nitrogen and oxygen atoms in total. The van der Waals surface area contributed by atoms with E-state index in [1.54, 1.807) is 12.1 Å². The number of hydrogen-bond donors (Lipinski definition) is 2. The minimum absolute atomic E-state index is 0.00605. The second kappa shape index (κ2) is 8.22. The smallest absolute Gasteiger partial charge is 0.338 e. The molecule has 2 aromatic rings. The summed E-state index contributed by atoms with van der Waals surface area (Å²) in [5.41, 5.74) is 0.835. The molecule has 130 valence electrons. The zero-order valence-corrected chi connectivity index (χ0v) is 13.5. The topological polar surface area (TPSA) is 119 Å². The Morgan fingerprint density at radius 2 is 1.88 bits per heavy atom. The molecule has 0 fully saturated rings. The van der Waals surface area contributed by atoms with E-state index in [0.717, 1.165) is 6.07 Å². The van der Waals surface area contributed by atoms with Gasteiger partial charge in [-0.05, 0) is 23.8 Å². The van der Waals surface area contributed by atoms with Crippen molar-refractivity contribution >= 4 is 34.9 Å². The number of halogens is 1. The van der Waals surface area contributed by atoms with Gasteiger partial charge in [-0.25, -0.2) is 4.79 Å². The van der Waals surface area contributed by atoms with Crippen molar-refractivity contribution in [3.8, 4) is 0 Å². The van der Waals surface area contributed by atoms with Crippen LogP contribution >= 0.6 is 11.6 Å². The maximum atomic E-state index is 11.8. The Morgan fingerprint density at radius 1 is 1.20 bits per heavy atom. The number of anilines is 1. The van der Waals surface area contributed by atoms with Crippen LogP contribution in [0.25, 0.3) is 0 Å². The van der Waals surface area contributed by atoms with Gasteiger partial charge in [-0.3, -0.25) is 14.9 Å². The van der Waals surface area contributed by atoms with Gasteiger partial charge in [0.2, 0.25) is 0 Å². The van der Waals surface area contributed by atoms with Crippen molar-refractivity contribution in [3.63, 3.8) is 0 Å². The molecule has 0 saturated heterocycles. The van der Waals surface area contributed by atoms with Crippen LogP contribution in [0, 0.1) is 10.1 Å².